The monoisotopic (exact) mass is 242 g/mol. The Morgan fingerprint density at radius 2 is 2.06 bits per heavy atom. The molecule has 0 aromatic rings. The van der Waals surface area contributed by atoms with Gasteiger partial charge in [0.25, 0.3) is 0 Å². The minimum atomic E-state index is 0.165. The Hall–Kier alpha value is -0.610. The van der Waals surface area contributed by atoms with Gasteiger partial charge in [0, 0.05) is 26.6 Å². The topological polar surface area (TPSA) is 55.6 Å². The lowest BCUT2D eigenvalue weighted by Crippen LogP contribution is -2.44. The van der Waals surface area contributed by atoms with Gasteiger partial charge in [0.05, 0.1) is 6.10 Å². The lowest BCUT2D eigenvalue weighted by Gasteiger charge is -2.38. The summed E-state index contributed by atoms with van der Waals surface area (Å²) < 4.78 is 5.15. The number of carbonyl (C=O) groups excluding carboxylic acids is 1. The van der Waals surface area contributed by atoms with Crippen molar-refractivity contribution < 1.29 is 9.53 Å². The van der Waals surface area contributed by atoms with Gasteiger partial charge >= 0.3 is 0 Å². The summed E-state index contributed by atoms with van der Waals surface area (Å²) in [6.45, 7) is 6.63. The van der Waals surface area contributed by atoms with Gasteiger partial charge in [-0.25, -0.2) is 0 Å². The van der Waals surface area contributed by atoms with Gasteiger partial charge in [0.2, 0.25) is 5.91 Å². The Morgan fingerprint density at radius 1 is 1.47 bits per heavy atom. The zero-order chi connectivity index (χ0) is 12.9. The largest absolute Gasteiger partial charge is 0.382 e. The zero-order valence-corrected chi connectivity index (χ0v) is 11.4. The van der Waals surface area contributed by atoms with Gasteiger partial charge in [-0.15, -0.1) is 0 Å². The fraction of sp³-hybridized carbons (Fsp3) is 0.923. The van der Waals surface area contributed by atoms with Crippen LogP contribution in [0.15, 0.2) is 0 Å². The number of amides is 1. The maximum atomic E-state index is 12.0. The molecule has 0 bridgehead atoms. The van der Waals surface area contributed by atoms with Gasteiger partial charge in [0.1, 0.15) is 0 Å². The Labute approximate surface area is 104 Å². The summed E-state index contributed by atoms with van der Waals surface area (Å²) in [4.78, 5) is 13.9. The van der Waals surface area contributed by atoms with E-state index in [0.29, 0.717) is 6.42 Å². The normalized spacial score (nSPS) is 21.3. The molecule has 1 aliphatic heterocycles. The molecule has 0 saturated carbocycles. The van der Waals surface area contributed by atoms with E-state index in [-0.39, 0.29) is 17.4 Å². The first-order valence-electron chi connectivity index (χ1n) is 6.51. The number of nitrogens with two attached hydrogens (primary N) is 1. The highest BCUT2D eigenvalue weighted by Gasteiger charge is 2.30. The molecule has 1 rings (SSSR count). The summed E-state index contributed by atoms with van der Waals surface area (Å²) in [5.74, 6) is 0.257. The van der Waals surface area contributed by atoms with Crippen LogP contribution >= 0.6 is 0 Å². The molecule has 0 spiro atoms. The molecular weight excluding hydrogens is 216 g/mol. The van der Waals surface area contributed by atoms with E-state index in [4.69, 9.17) is 10.5 Å². The van der Waals surface area contributed by atoms with Crippen LogP contribution in [0.3, 0.4) is 0 Å². The molecule has 4 nitrogen and oxygen atoms in total. The number of methoxy groups -OCH3 is 1. The van der Waals surface area contributed by atoms with Crippen molar-refractivity contribution in [1.29, 1.82) is 0 Å². The standard InChI is InChI=1S/C13H26N2O2/c1-11(17-3)4-5-12(16)15-8-6-13(2,10-14)7-9-15/h11H,4-10,14H2,1-3H3. The molecule has 2 N–H and O–H groups in total. The number of likely N-dealkylation sites (tertiary alicyclic amines) is 1. The lowest BCUT2D eigenvalue weighted by atomic mass is 9.80. The SMILES string of the molecule is COC(C)CCC(=O)N1CCC(C)(CN)CC1. The van der Waals surface area contributed by atoms with Crippen LogP contribution in [0.25, 0.3) is 0 Å². The number of hydrogen-bond acceptors (Lipinski definition) is 3. The van der Waals surface area contributed by atoms with Gasteiger partial charge in [-0.3, -0.25) is 4.79 Å². The van der Waals surface area contributed by atoms with Crippen LogP contribution in [-0.4, -0.2) is 43.7 Å². The second kappa shape index (κ2) is 6.36. The van der Waals surface area contributed by atoms with Gasteiger partial charge in [-0.2, -0.15) is 0 Å². The van der Waals surface area contributed by atoms with E-state index in [2.05, 4.69) is 6.92 Å². The van der Waals surface area contributed by atoms with E-state index in [1.165, 1.54) is 0 Å². The number of ether oxygens (including phenoxy) is 1. The maximum Gasteiger partial charge on any atom is 0.222 e. The van der Waals surface area contributed by atoms with Crippen LogP contribution in [-0.2, 0) is 9.53 Å². The first kappa shape index (κ1) is 14.5. The van der Waals surface area contributed by atoms with Crippen molar-refractivity contribution in [2.45, 2.75) is 45.6 Å². The van der Waals surface area contributed by atoms with E-state index in [1.54, 1.807) is 7.11 Å². The van der Waals surface area contributed by atoms with Gasteiger partial charge in [-0.1, -0.05) is 6.92 Å². The molecule has 0 aliphatic carbocycles. The summed E-state index contributed by atoms with van der Waals surface area (Å²) in [7, 11) is 1.68. The van der Waals surface area contributed by atoms with E-state index in [0.717, 1.165) is 38.9 Å². The van der Waals surface area contributed by atoms with Gasteiger partial charge < -0.3 is 15.4 Å². The molecule has 1 amide bonds. The van der Waals surface area contributed by atoms with Crippen LogP contribution in [0.1, 0.15) is 39.5 Å². The number of carbonyl (C=O) groups is 1. The third-order valence-electron chi connectivity index (χ3n) is 3.98. The number of nitrogens with zero attached hydrogens (tertiary/aromatic N) is 1. The van der Waals surface area contributed by atoms with Crippen molar-refractivity contribution >= 4 is 5.91 Å². The van der Waals surface area contributed by atoms with Crippen LogP contribution in [0.4, 0.5) is 0 Å². The average Bonchev–Trinajstić information content (AvgIpc) is 2.36. The zero-order valence-electron chi connectivity index (χ0n) is 11.4. The van der Waals surface area contributed by atoms with Crippen LogP contribution in [0.5, 0.6) is 0 Å². The molecule has 0 radical (unpaired) electrons. The molecule has 0 aromatic carbocycles. The molecule has 17 heavy (non-hydrogen) atoms. The molecule has 1 unspecified atom stereocenters. The third-order valence-corrected chi connectivity index (χ3v) is 3.98. The summed E-state index contributed by atoms with van der Waals surface area (Å²) in [6, 6.07) is 0. The number of rotatable bonds is 5. The molecule has 1 atom stereocenters. The Bertz CT molecular complexity index is 248. The van der Waals surface area contributed by atoms with Crippen molar-refractivity contribution in [3.05, 3.63) is 0 Å². The molecule has 1 aliphatic rings. The first-order chi connectivity index (χ1) is 8.00. The molecular formula is C13H26N2O2. The summed E-state index contributed by atoms with van der Waals surface area (Å²) in [5.41, 5.74) is 5.99. The average molecular weight is 242 g/mol. The molecule has 1 fully saturated rings. The second-order valence-corrected chi connectivity index (χ2v) is 5.48. The van der Waals surface area contributed by atoms with E-state index < -0.39 is 0 Å². The van der Waals surface area contributed by atoms with Crippen molar-refractivity contribution in [3.63, 3.8) is 0 Å². The smallest absolute Gasteiger partial charge is 0.222 e. The van der Waals surface area contributed by atoms with Crippen molar-refractivity contribution in [3.8, 4) is 0 Å². The summed E-state index contributed by atoms with van der Waals surface area (Å²) in [5, 5.41) is 0. The quantitative estimate of drug-likeness (QED) is 0.792. The predicted octanol–water partition coefficient (Wildman–Crippen LogP) is 1.39. The highest BCUT2D eigenvalue weighted by Crippen LogP contribution is 2.29. The van der Waals surface area contributed by atoms with E-state index in [9.17, 15) is 4.79 Å². The van der Waals surface area contributed by atoms with Crippen molar-refractivity contribution in [2.75, 3.05) is 26.7 Å². The Balaban J connectivity index is 2.31. The molecule has 4 heteroatoms. The first-order valence-corrected chi connectivity index (χ1v) is 6.51. The van der Waals surface area contributed by atoms with E-state index >= 15 is 0 Å². The Morgan fingerprint density at radius 3 is 2.53 bits per heavy atom. The van der Waals surface area contributed by atoms with Crippen LogP contribution in [0, 0.1) is 5.41 Å². The third kappa shape index (κ3) is 4.28. The fourth-order valence-electron chi connectivity index (χ4n) is 2.10. The molecule has 1 saturated heterocycles. The summed E-state index contributed by atoms with van der Waals surface area (Å²) in [6.07, 6.45) is 3.61. The second-order valence-electron chi connectivity index (χ2n) is 5.48. The van der Waals surface area contributed by atoms with Gasteiger partial charge in [0.15, 0.2) is 0 Å². The highest BCUT2D eigenvalue weighted by atomic mass is 16.5. The van der Waals surface area contributed by atoms with E-state index in [1.807, 2.05) is 11.8 Å². The fourth-order valence-corrected chi connectivity index (χ4v) is 2.10. The minimum absolute atomic E-state index is 0.165. The number of hydrogen-bond donors (Lipinski definition) is 1. The highest BCUT2D eigenvalue weighted by molar-refractivity contribution is 5.76. The Kier molecular flexibility index (Phi) is 5.40. The molecule has 1 heterocycles. The lowest BCUT2D eigenvalue weighted by molar-refractivity contribution is -0.133. The summed E-state index contributed by atoms with van der Waals surface area (Å²) >= 11 is 0. The molecule has 100 valence electrons. The van der Waals surface area contributed by atoms with Crippen molar-refractivity contribution in [1.82, 2.24) is 4.90 Å². The number of piperidine rings is 1. The molecule has 0 aromatic heterocycles. The minimum Gasteiger partial charge on any atom is -0.382 e. The van der Waals surface area contributed by atoms with Crippen LogP contribution < -0.4 is 5.73 Å². The van der Waals surface area contributed by atoms with Gasteiger partial charge in [-0.05, 0) is 38.1 Å². The van der Waals surface area contributed by atoms with Crippen LogP contribution in [0.2, 0.25) is 0 Å². The van der Waals surface area contributed by atoms with Crippen molar-refractivity contribution in [2.24, 2.45) is 11.1 Å². The maximum absolute atomic E-state index is 12.0. The predicted molar refractivity (Wildman–Crippen MR) is 68.7 cm³/mol.